The lowest BCUT2D eigenvalue weighted by Gasteiger charge is -2.15. The van der Waals surface area contributed by atoms with Gasteiger partial charge in [-0.1, -0.05) is 18.1 Å². The van der Waals surface area contributed by atoms with Crippen LogP contribution in [-0.2, 0) is 9.84 Å². The summed E-state index contributed by atoms with van der Waals surface area (Å²) in [4.78, 5) is 0. The standard InChI is InChI=1S/C7H8O2S/c1-2-6-10(8,9)7-4-3-5-7/h1,3-4,7H,5-6H2. The van der Waals surface area contributed by atoms with Gasteiger partial charge in [0.2, 0.25) is 0 Å². The zero-order valence-electron chi connectivity index (χ0n) is 5.45. The van der Waals surface area contributed by atoms with Crippen molar-refractivity contribution in [3.05, 3.63) is 12.2 Å². The molecule has 0 aliphatic heterocycles. The van der Waals surface area contributed by atoms with Crippen molar-refractivity contribution in [1.82, 2.24) is 0 Å². The van der Waals surface area contributed by atoms with E-state index in [1.807, 2.05) is 6.08 Å². The average molecular weight is 156 g/mol. The first kappa shape index (κ1) is 7.36. The van der Waals surface area contributed by atoms with Crippen molar-refractivity contribution in [3.63, 3.8) is 0 Å². The van der Waals surface area contributed by atoms with E-state index in [9.17, 15) is 8.42 Å². The van der Waals surface area contributed by atoms with Crippen molar-refractivity contribution in [3.8, 4) is 12.3 Å². The van der Waals surface area contributed by atoms with E-state index in [1.165, 1.54) is 0 Å². The fraction of sp³-hybridized carbons (Fsp3) is 0.429. The highest BCUT2D eigenvalue weighted by atomic mass is 32.2. The van der Waals surface area contributed by atoms with Crippen molar-refractivity contribution >= 4 is 9.84 Å². The smallest absolute Gasteiger partial charge is 0.168 e. The van der Waals surface area contributed by atoms with Gasteiger partial charge in [0.05, 0.1) is 5.25 Å². The van der Waals surface area contributed by atoms with E-state index < -0.39 is 9.84 Å². The molecule has 1 atom stereocenters. The van der Waals surface area contributed by atoms with Gasteiger partial charge in [-0.3, -0.25) is 0 Å². The van der Waals surface area contributed by atoms with Gasteiger partial charge in [0.25, 0.3) is 0 Å². The van der Waals surface area contributed by atoms with Crippen LogP contribution in [0.15, 0.2) is 12.2 Å². The Hall–Kier alpha value is -0.750. The van der Waals surface area contributed by atoms with Gasteiger partial charge in [0, 0.05) is 0 Å². The van der Waals surface area contributed by atoms with Gasteiger partial charge in [0.15, 0.2) is 9.84 Å². The van der Waals surface area contributed by atoms with Gasteiger partial charge in [-0.2, -0.15) is 0 Å². The number of sulfone groups is 1. The minimum atomic E-state index is -3.00. The first-order chi connectivity index (χ1) is 4.67. The molecular formula is C7H8O2S. The molecular weight excluding hydrogens is 148 g/mol. The fourth-order valence-electron chi connectivity index (χ4n) is 0.737. The Balaban J connectivity index is 2.71. The molecule has 0 N–H and O–H groups in total. The van der Waals surface area contributed by atoms with Gasteiger partial charge < -0.3 is 0 Å². The Morgan fingerprint density at radius 1 is 1.70 bits per heavy atom. The lowest BCUT2D eigenvalue weighted by Crippen LogP contribution is -2.25. The summed E-state index contributed by atoms with van der Waals surface area (Å²) in [7, 11) is -3.00. The number of rotatable bonds is 2. The predicted octanol–water partition coefficient (Wildman–Crippen LogP) is 0.363. The topological polar surface area (TPSA) is 34.1 Å². The molecule has 0 fully saturated rings. The lowest BCUT2D eigenvalue weighted by atomic mass is 10.1. The van der Waals surface area contributed by atoms with E-state index in [0.29, 0.717) is 6.42 Å². The minimum absolute atomic E-state index is 0.137. The van der Waals surface area contributed by atoms with E-state index in [0.717, 1.165) is 0 Å². The third-order valence-corrected chi connectivity index (χ3v) is 3.31. The average Bonchev–Trinajstić information content (AvgIpc) is 1.56. The van der Waals surface area contributed by atoms with E-state index in [-0.39, 0.29) is 11.0 Å². The van der Waals surface area contributed by atoms with Crippen LogP contribution in [0.5, 0.6) is 0 Å². The maximum atomic E-state index is 11.0. The summed E-state index contributed by atoms with van der Waals surface area (Å²) < 4.78 is 22.0. The molecule has 0 heterocycles. The highest BCUT2D eigenvalue weighted by Gasteiger charge is 2.24. The Bertz CT molecular complexity index is 279. The van der Waals surface area contributed by atoms with Gasteiger partial charge in [0.1, 0.15) is 5.75 Å². The maximum absolute atomic E-state index is 11.0. The number of hydrogen-bond donors (Lipinski definition) is 0. The first-order valence-electron chi connectivity index (χ1n) is 2.98. The molecule has 0 spiro atoms. The molecule has 10 heavy (non-hydrogen) atoms. The first-order valence-corrected chi connectivity index (χ1v) is 4.70. The molecule has 2 nitrogen and oxygen atoms in total. The van der Waals surface area contributed by atoms with Crippen LogP contribution in [0.4, 0.5) is 0 Å². The fourth-order valence-corrected chi connectivity index (χ4v) is 1.94. The molecule has 0 amide bonds. The van der Waals surface area contributed by atoms with Gasteiger partial charge in [-0.05, 0) is 6.42 Å². The second kappa shape index (κ2) is 2.47. The van der Waals surface area contributed by atoms with Crippen LogP contribution in [0.2, 0.25) is 0 Å². The molecule has 0 saturated carbocycles. The Kier molecular flexibility index (Phi) is 1.82. The van der Waals surface area contributed by atoms with Gasteiger partial charge in [-0.25, -0.2) is 8.42 Å². The Morgan fingerprint density at radius 2 is 2.30 bits per heavy atom. The number of hydrogen-bond acceptors (Lipinski definition) is 2. The Morgan fingerprint density at radius 3 is 2.60 bits per heavy atom. The van der Waals surface area contributed by atoms with E-state index >= 15 is 0 Å². The molecule has 1 unspecified atom stereocenters. The molecule has 0 aromatic heterocycles. The SMILES string of the molecule is C#CCS(=O)(=O)C1C=CC1. The van der Waals surface area contributed by atoms with Gasteiger partial charge in [-0.15, -0.1) is 6.42 Å². The van der Waals surface area contributed by atoms with Crippen LogP contribution in [0, 0.1) is 12.3 Å². The van der Waals surface area contributed by atoms with Crippen molar-refractivity contribution in [1.29, 1.82) is 0 Å². The molecule has 1 aliphatic carbocycles. The summed E-state index contributed by atoms with van der Waals surface area (Å²) in [6.07, 6.45) is 9.01. The van der Waals surface area contributed by atoms with Crippen LogP contribution < -0.4 is 0 Å². The Labute approximate surface area is 60.9 Å². The van der Waals surface area contributed by atoms with Crippen molar-refractivity contribution in [2.24, 2.45) is 0 Å². The van der Waals surface area contributed by atoms with Gasteiger partial charge >= 0.3 is 0 Å². The molecule has 0 saturated heterocycles. The van der Waals surface area contributed by atoms with Crippen LogP contribution in [0.3, 0.4) is 0 Å². The van der Waals surface area contributed by atoms with E-state index in [2.05, 4.69) is 5.92 Å². The number of terminal acetylenes is 1. The monoisotopic (exact) mass is 156 g/mol. The highest BCUT2D eigenvalue weighted by Crippen LogP contribution is 2.17. The van der Waals surface area contributed by atoms with E-state index in [1.54, 1.807) is 6.08 Å². The largest absolute Gasteiger partial charge is 0.227 e. The molecule has 3 heteroatoms. The lowest BCUT2D eigenvalue weighted by molar-refractivity contribution is 0.588. The summed E-state index contributed by atoms with van der Waals surface area (Å²) in [6.45, 7) is 0. The van der Waals surface area contributed by atoms with Crippen molar-refractivity contribution < 1.29 is 8.42 Å². The summed E-state index contributed by atoms with van der Waals surface area (Å²) in [6, 6.07) is 0. The quantitative estimate of drug-likeness (QED) is 0.427. The molecule has 1 aliphatic rings. The zero-order valence-corrected chi connectivity index (χ0v) is 6.26. The summed E-state index contributed by atoms with van der Waals surface area (Å²) in [5, 5.41) is -0.302. The third kappa shape index (κ3) is 1.22. The summed E-state index contributed by atoms with van der Waals surface area (Å²) in [5.74, 6) is 2.00. The molecule has 0 aromatic carbocycles. The zero-order chi connectivity index (χ0) is 7.61. The van der Waals surface area contributed by atoms with E-state index in [4.69, 9.17) is 6.42 Å². The predicted molar refractivity (Wildman–Crippen MR) is 40.2 cm³/mol. The second-order valence-corrected chi connectivity index (χ2v) is 4.43. The van der Waals surface area contributed by atoms with Crippen LogP contribution in [0.25, 0.3) is 0 Å². The summed E-state index contributed by atoms with van der Waals surface area (Å²) >= 11 is 0. The van der Waals surface area contributed by atoms with Crippen LogP contribution in [0.1, 0.15) is 6.42 Å². The van der Waals surface area contributed by atoms with Crippen LogP contribution >= 0.6 is 0 Å². The summed E-state index contributed by atoms with van der Waals surface area (Å²) in [5.41, 5.74) is 0. The van der Waals surface area contributed by atoms with Crippen molar-refractivity contribution in [2.75, 3.05) is 5.75 Å². The molecule has 0 radical (unpaired) electrons. The molecule has 0 bridgehead atoms. The normalized spacial score (nSPS) is 23.3. The number of allylic oxidation sites excluding steroid dienone is 1. The third-order valence-electron chi connectivity index (χ3n) is 1.46. The molecule has 54 valence electrons. The maximum Gasteiger partial charge on any atom is 0.168 e. The van der Waals surface area contributed by atoms with Crippen LogP contribution in [-0.4, -0.2) is 19.4 Å². The minimum Gasteiger partial charge on any atom is -0.227 e. The second-order valence-electron chi connectivity index (χ2n) is 2.21. The van der Waals surface area contributed by atoms with Crippen molar-refractivity contribution in [2.45, 2.75) is 11.7 Å². The molecule has 0 aromatic rings. The highest BCUT2D eigenvalue weighted by molar-refractivity contribution is 7.92. The molecule has 1 rings (SSSR count).